The number of rotatable bonds is 7. The van der Waals surface area contributed by atoms with E-state index in [4.69, 9.17) is 11.6 Å². The molecular weight excluding hydrogens is 260 g/mol. The van der Waals surface area contributed by atoms with E-state index in [0.717, 1.165) is 25.2 Å². The van der Waals surface area contributed by atoms with Crippen molar-refractivity contribution < 1.29 is 0 Å². The van der Waals surface area contributed by atoms with Crippen molar-refractivity contribution in [1.29, 1.82) is 0 Å². The molecule has 1 heterocycles. The summed E-state index contributed by atoms with van der Waals surface area (Å²) in [6.07, 6.45) is 3.82. The van der Waals surface area contributed by atoms with E-state index in [-0.39, 0.29) is 0 Å². The lowest BCUT2D eigenvalue weighted by atomic mass is 10.0. The van der Waals surface area contributed by atoms with Crippen molar-refractivity contribution in [1.82, 2.24) is 9.97 Å². The Hall–Kier alpha value is -1.03. The summed E-state index contributed by atoms with van der Waals surface area (Å²) >= 11 is 6.21. The van der Waals surface area contributed by atoms with Crippen LogP contribution < -0.4 is 10.2 Å². The zero-order valence-electron chi connectivity index (χ0n) is 12.6. The van der Waals surface area contributed by atoms with Gasteiger partial charge in [-0.15, -0.1) is 0 Å². The van der Waals surface area contributed by atoms with Gasteiger partial charge in [-0.25, -0.2) is 4.98 Å². The van der Waals surface area contributed by atoms with Crippen LogP contribution in [-0.2, 0) is 0 Å². The van der Waals surface area contributed by atoms with Crippen molar-refractivity contribution in [2.75, 3.05) is 23.8 Å². The van der Waals surface area contributed by atoms with Gasteiger partial charge in [-0.3, -0.25) is 0 Å². The Labute approximate surface area is 121 Å². The molecule has 5 heteroatoms. The van der Waals surface area contributed by atoms with Crippen molar-refractivity contribution >= 4 is 23.4 Å². The first-order valence-corrected chi connectivity index (χ1v) is 7.32. The fourth-order valence-corrected chi connectivity index (χ4v) is 2.20. The Morgan fingerprint density at radius 2 is 2.05 bits per heavy atom. The topological polar surface area (TPSA) is 41.1 Å². The minimum atomic E-state index is 0.395. The number of aromatic nitrogens is 2. The summed E-state index contributed by atoms with van der Waals surface area (Å²) in [5, 5.41) is 3.79. The van der Waals surface area contributed by atoms with Crippen LogP contribution in [0.5, 0.6) is 0 Å². The first kappa shape index (κ1) is 16.0. The third-order valence-electron chi connectivity index (χ3n) is 3.07. The summed E-state index contributed by atoms with van der Waals surface area (Å²) in [5.74, 6) is 2.09. The van der Waals surface area contributed by atoms with Crippen LogP contribution in [0.25, 0.3) is 0 Å². The van der Waals surface area contributed by atoms with Crippen LogP contribution in [0.15, 0.2) is 6.20 Å². The van der Waals surface area contributed by atoms with Crippen LogP contribution in [-0.4, -0.2) is 29.6 Å². The molecule has 1 rings (SSSR count). The summed E-state index contributed by atoms with van der Waals surface area (Å²) in [6, 6.07) is 0.395. The maximum absolute atomic E-state index is 6.21. The summed E-state index contributed by atoms with van der Waals surface area (Å²) in [5.41, 5.74) is 0. The second-order valence-electron chi connectivity index (χ2n) is 5.38. The molecule has 0 aromatic carbocycles. The molecule has 0 aliphatic heterocycles. The lowest BCUT2D eigenvalue weighted by molar-refractivity contribution is 0.502. The van der Waals surface area contributed by atoms with Crippen molar-refractivity contribution in [3.8, 4) is 0 Å². The minimum Gasteiger partial charge on any atom is -0.356 e. The van der Waals surface area contributed by atoms with Crippen molar-refractivity contribution in [2.45, 2.75) is 46.6 Å². The fourth-order valence-electron chi connectivity index (χ4n) is 1.98. The molecule has 0 fully saturated rings. The first-order chi connectivity index (χ1) is 8.95. The highest BCUT2D eigenvalue weighted by Crippen LogP contribution is 2.25. The zero-order chi connectivity index (χ0) is 14.4. The molecule has 4 nitrogen and oxygen atoms in total. The fraction of sp³-hybridized carbons (Fsp3) is 0.714. The zero-order valence-corrected chi connectivity index (χ0v) is 13.3. The molecule has 108 valence electrons. The van der Waals surface area contributed by atoms with Gasteiger partial charge >= 0.3 is 0 Å². The average Bonchev–Trinajstić information content (AvgIpc) is 2.36. The summed E-state index contributed by atoms with van der Waals surface area (Å²) in [4.78, 5) is 10.8. The van der Waals surface area contributed by atoms with Crippen molar-refractivity contribution in [3.63, 3.8) is 0 Å². The van der Waals surface area contributed by atoms with Gasteiger partial charge in [0, 0.05) is 19.6 Å². The van der Waals surface area contributed by atoms with Crippen LogP contribution in [0.3, 0.4) is 0 Å². The van der Waals surface area contributed by atoms with E-state index >= 15 is 0 Å². The van der Waals surface area contributed by atoms with Crippen molar-refractivity contribution in [2.24, 2.45) is 5.92 Å². The quantitative estimate of drug-likeness (QED) is 0.826. The number of halogens is 1. The molecule has 1 atom stereocenters. The van der Waals surface area contributed by atoms with Gasteiger partial charge in [-0.05, 0) is 25.7 Å². The molecule has 1 unspecified atom stereocenters. The number of nitrogens with zero attached hydrogens (tertiary/aromatic N) is 3. The van der Waals surface area contributed by atoms with Gasteiger partial charge in [0.2, 0.25) is 5.95 Å². The average molecular weight is 285 g/mol. The predicted molar refractivity (Wildman–Crippen MR) is 83.1 cm³/mol. The summed E-state index contributed by atoms with van der Waals surface area (Å²) < 4.78 is 0. The Balaban J connectivity index is 2.85. The Kier molecular flexibility index (Phi) is 6.35. The molecule has 0 saturated heterocycles. The second-order valence-corrected chi connectivity index (χ2v) is 5.79. The third-order valence-corrected chi connectivity index (χ3v) is 3.33. The van der Waals surface area contributed by atoms with Crippen LogP contribution >= 0.6 is 11.6 Å². The molecule has 0 aliphatic rings. The molecular formula is C14H25ClN4. The van der Waals surface area contributed by atoms with Gasteiger partial charge in [0.15, 0.2) is 5.82 Å². The summed E-state index contributed by atoms with van der Waals surface area (Å²) in [7, 11) is 2.03. The maximum atomic E-state index is 6.21. The van der Waals surface area contributed by atoms with Crippen LogP contribution in [0.1, 0.15) is 40.5 Å². The highest BCUT2D eigenvalue weighted by molar-refractivity contribution is 6.32. The number of hydrogen-bond acceptors (Lipinski definition) is 4. The van der Waals surface area contributed by atoms with Crippen LogP contribution in [0.4, 0.5) is 11.8 Å². The minimum absolute atomic E-state index is 0.395. The highest BCUT2D eigenvalue weighted by atomic mass is 35.5. The van der Waals surface area contributed by atoms with E-state index in [1.54, 1.807) is 6.20 Å². The van der Waals surface area contributed by atoms with E-state index in [0.29, 0.717) is 22.9 Å². The summed E-state index contributed by atoms with van der Waals surface area (Å²) in [6.45, 7) is 9.62. The Morgan fingerprint density at radius 3 is 2.63 bits per heavy atom. The normalized spacial score (nSPS) is 12.6. The molecule has 0 amide bonds. The molecule has 1 aromatic rings. The molecule has 1 N–H and O–H groups in total. The van der Waals surface area contributed by atoms with E-state index in [1.807, 2.05) is 7.05 Å². The molecule has 0 aliphatic carbocycles. The van der Waals surface area contributed by atoms with Crippen molar-refractivity contribution in [3.05, 3.63) is 11.2 Å². The van der Waals surface area contributed by atoms with E-state index in [1.165, 1.54) is 0 Å². The molecule has 19 heavy (non-hydrogen) atoms. The number of hydrogen-bond donors (Lipinski definition) is 1. The van der Waals surface area contributed by atoms with Gasteiger partial charge in [0.1, 0.15) is 5.02 Å². The SMILES string of the molecule is CCCNc1ncc(Cl)c(N(C)C(C)CC(C)C)n1. The third kappa shape index (κ3) is 4.86. The second kappa shape index (κ2) is 7.53. The van der Waals surface area contributed by atoms with E-state index < -0.39 is 0 Å². The molecule has 0 saturated carbocycles. The lowest BCUT2D eigenvalue weighted by Crippen LogP contribution is -2.31. The highest BCUT2D eigenvalue weighted by Gasteiger charge is 2.16. The number of nitrogens with one attached hydrogen (secondary N) is 1. The Morgan fingerprint density at radius 1 is 1.37 bits per heavy atom. The van der Waals surface area contributed by atoms with Gasteiger partial charge in [-0.2, -0.15) is 4.98 Å². The predicted octanol–water partition coefficient (Wildman–Crippen LogP) is 3.82. The van der Waals surface area contributed by atoms with Crippen LogP contribution in [0, 0.1) is 5.92 Å². The standard InChI is InChI=1S/C14H25ClN4/c1-6-7-16-14-17-9-12(15)13(18-14)19(5)11(4)8-10(2)3/h9-11H,6-8H2,1-5H3,(H,16,17,18). The maximum Gasteiger partial charge on any atom is 0.224 e. The molecule has 0 bridgehead atoms. The lowest BCUT2D eigenvalue weighted by Gasteiger charge is -2.28. The van der Waals surface area contributed by atoms with Gasteiger partial charge in [-0.1, -0.05) is 32.4 Å². The Bertz CT molecular complexity index is 395. The van der Waals surface area contributed by atoms with E-state index in [2.05, 4.69) is 47.9 Å². The molecule has 0 spiro atoms. The molecule has 1 aromatic heterocycles. The monoisotopic (exact) mass is 284 g/mol. The largest absolute Gasteiger partial charge is 0.356 e. The van der Waals surface area contributed by atoms with Gasteiger partial charge in [0.25, 0.3) is 0 Å². The van der Waals surface area contributed by atoms with Gasteiger partial charge < -0.3 is 10.2 Å². The van der Waals surface area contributed by atoms with Crippen LogP contribution in [0.2, 0.25) is 5.02 Å². The van der Waals surface area contributed by atoms with Gasteiger partial charge in [0.05, 0.1) is 6.20 Å². The first-order valence-electron chi connectivity index (χ1n) is 6.94. The molecule has 0 radical (unpaired) electrons. The number of anilines is 2. The smallest absolute Gasteiger partial charge is 0.224 e. The van der Waals surface area contributed by atoms with E-state index in [9.17, 15) is 0 Å².